The lowest BCUT2D eigenvalue weighted by atomic mass is 10.1. The minimum atomic E-state index is -0.841. The van der Waals surface area contributed by atoms with Gasteiger partial charge < -0.3 is 10.0 Å². The van der Waals surface area contributed by atoms with E-state index in [0.717, 1.165) is 24.2 Å². The minimum absolute atomic E-state index is 0.413. The fourth-order valence-electron chi connectivity index (χ4n) is 2.70. The molecule has 1 aliphatic rings. The molecule has 0 radical (unpaired) electrons. The van der Waals surface area contributed by atoms with Crippen LogP contribution in [0.5, 0.6) is 0 Å². The molecule has 1 aromatic carbocycles. The Kier molecular flexibility index (Phi) is 3.09. The summed E-state index contributed by atoms with van der Waals surface area (Å²) in [5.41, 5.74) is 2.39. The van der Waals surface area contributed by atoms with Crippen LogP contribution in [0.1, 0.15) is 36.2 Å². The molecule has 2 atom stereocenters. The number of benzene rings is 1. The van der Waals surface area contributed by atoms with Crippen LogP contribution < -0.4 is 4.90 Å². The van der Waals surface area contributed by atoms with E-state index in [2.05, 4.69) is 18.7 Å². The molecule has 17 heavy (non-hydrogen) atoms. The highest BCUT2D eigenvalue weighted by atomic mass is 16.4. The van der Waals surface area contributed by atoms with Gasteiger partial charge in [0.05, 0.1) is 11.3 Å². The Morgan fingerprint density at radius 1 is 1.41 bits per heavy atom. The Labute approximate surface area is 102 Å². The highest BCUT2D eigenvalue weighted by Crippen LogP contribution is 2.31. The van der Waals surface area contributed by atoms with E-state index < -0.39 is 5.97 Å². The van der Waals surface area contributed by atoms with E-state index in [1.165, 1.54) is 0 Å². The number of aromatic carboxylic acids is 1. The van der Waals surface area contributed by atoms with Crippen LogP contribution in [0.3, 0.4) is 0 Å². The summed E-state index contributed by atoms with van der Waals surface area (Å²) in [6.45, 7) is 7.33. The maximum atomic E-state index is 11.3. The van der Waals surface area contributed by atoms with Gasteiger partial charge in [0.2, 0.25) is 0 Å². The summed E-state index contributed by atoms with van der Waals surface area (Å²) in [6.07, 6.45) is 1.13. The van der Waals surface area contributed by atoms with E-state index in [-0.39, 0.29) is 0 Å². The fraction of sp³-hybridized carbons (Fsp3) is 0.500. The molecule has 0 saturated carbocycles. The number of carboxylic acid groups (broad SMARTS) is 1. The standard InChI is InChI=1S/C14H19NO2/c1-9-4-5-12(14(16)17)13(7-9)15-8-10(2)6-11(15)3/h4-5,7,10-11H,6,8H2,1-3H3,(H,16,17). The molecule has 1 aliphatic heterocycles. The second-order valence-electron chi connectivity index (χ2n) is 5.17. The summed E-state index contributed by atoms with van der Waals surface area (Å²) in [4.78, 5) is 13.5. The van der Waals surface area contributed by atoms with Gasteiger partial charge in [0.1, 0.15) is 0 Å². The quantitative estimate of drug-likeness (QED) is 0.853. The van der Waals surface area contributed by atoms with Crippen LogP contribution in [0.4, 0.5) is 5.69 Å². The molecule has 1 N–H and O–H groups in total. The molecule has 0 aliphatic carbocycles. The van der Waals surface area contributed by atoms with Gasteiger partial charge in [0.25, 0.3) is 0 Å². The molecule has 92 valence electrons. The molecule has 1 fully saturated rings. The number of nitrogens with zero attached hydrogens (tertiary/aromatic N) is 1. The smallest absolute Gasteiger partial charge is 0.337 e. The Bertz CT molecular complexity index is 442. The summed E-state index contributed by atoms with van der Waals surface area (Å²) in [5, 5.41) is 9.24. The molecule has 0 spiro atoms. The van der Waals surface area contributed by atoms with E-state index in [1.54, 1.807) is 6.07 Å². The zero-order valence-corrected chi connectivity index (χ0v) is 10.6. The van der Waals surface area contributed by atoms with Gasteiger partial charge in [-0.25, -0.2) is 4.79 Å². The van der Waals surface area contributed by atoms with Gasteiger partial charge >= 0.3 is 5.97 Å². The van der Waals surface area contributed by atoms with Gasteiger partial charge in [-0.05, 0) is 43.9 Å². The number of hydrogen-bond donors (Lipinski definition) is 1. The van der Waals surface area contributed by atoms with Crippen LogP contribution >= 0.6 is 0 Å². The molecule has 0 amide bonds. The first-order chi connectivity index (χ1) is 7.99. The van der Waals surface area contributed by atoms with Crippen LogP contribution in [0.2, 0.25) is 0 Å². The van der Waals surface area contributed by atoms with E-state index in [4.69, 9.17) is 0 Å². The third-order valence-electron chi connectivity index (χ3n) is 3.48. The number of aryl methyl sites for hydroxylation is 1. The Balaban J connectivity index is 2.43. The van der Waals surface area contributed by atoms with Gasteiger partial charge in [-0.15, -0.1) is 0 Å². The lowest BCUT2D eigenvalue weighted by Crippen LogP contribution is -2.28. The van der Waals surface area contributed by atoms with Gasteiger partial charge in [-0.1, -0.05) is 13.0 Å². The molecule has 3 heteroatoms. The van der Waals surface area contributed by atoms with E-state index in [9.17, 15) is 9.90 Å². The number of rotatable bonds is 2. The van der Waals surface area contributed by atoms with Gasteiger partial charge in [0.15, 0.2) is 0 Å². The summed E-state index contributed by atoms with van der Waals surface area (Å²) < 4.78 is 0. The third-order valence-corrected chi connectivity index (χ3v) is 3.48. The third kappa shape index (κ3) is 2.28. The predicted molar refractivity (Wildman–Crippen MR) is 68.7 cm³/mol. The SMILES string of the molecule is Cc1ccc(C(=O)O)c(N2CC(C)CC2C)c1. The van der Waals surface area contributed by atoms with Crippen LogP contribution in [0, 0.1) is 12.8 Å². The normalized spacial score (nSPS) is 24.1. The maximum Gasteiger partial charge on any atom is 0.337 e. The molecular formula is C14H19NO2. The zero-order valence-electron chi connectivity index (χ0n) is 10.6. The van der Waals surface area contributed by atoms with Crippen molar-refractivity contribution in [3.63, 3.8) is 0 Å². The predicted octanol–water partition coefficient (Wildman–Crippen LogP) is 2.93. The highest BCUT2D eigenvalue weighted by Gasteiger charge is 2.28. The molecule has 3 nitrogen and oxygen atoms in total. The van der Waals surface area contributed by atoms with Crippen LogP contribution in [0.15, 0.2) is 18.2 Å². The van der Waals surface area contributed by atoms with Crippen LogP contribution in [-0.2, 0) is 0 Å². The second-order valence-corrected chi connectivity index (χ2v) is 5.17. The molecule has 1 aromatic rings. The van der Waals surface area contributed by atoms with E-state index in [0.29, 0.717) is 17.5 Å². The monoisotopic (exact) mass is 233 g/mol. The van der Waals surface area contributed by atoms with Crippen molar-refractivity contribution in [2.24, 2.45) is 5.92 Å². The first kappa shape index (κ1) is 12.0. The fourth-order valence-corrected chi connectivity index (χ4v) is 2.70. The highest BCUT2D eigenvalue weighted by molar-refractivity contribution is 5.94. The molecule has 1 heterocycles. The second kappa shape index (κ2) is 4.40. The van der Waals surface area contributed by atoms with Crippen molar-refractivity contribution in [2.45, 2.75) is 33.2 Å². The van der Waals surface area contributed by atoms with Crippen molar-refractivity contribution in [1.29, 1.82) is 0 Å². The molecule has 1 saturated heterocycles. The number of carboxylic acids is 1. The number of hydrogen-bond acceptors (Lipinski definition) is 2. The largest absolute Gasteiger partial charge is 0.478 e. The minimum Gasteiger partial charge on any atom is -0.478 e. The van der Waals surface area contributed by atoms with Crippen molar-refractivity contribution in [2.75, 3.05) is 11.4 Å². The van der Waals surface area contributed by atoms with E-state index in [1.807, 2.05) is 19.1 Å². The molecule has 0 aromatic heterocycles. The lowest BCUT2D eigenvalue weighted by molar-refractivity contribution is 0.0697. The van der Waals surface area contributed by atoms with E-state index >= 15 is 0 Å². The summed E-state index contributed by atoms with van der Waals surface area (Å²) >= 11 is 0. The van der Waals surface area contributed by atoms with Crippen molar-refractivity contribution >= 4 is 11.7 Å². The van der Waals surface area contributed by atoms with Crippen LogP contribution in [-0.4, -0.2) is 23.7 Å². The van der Waals surface area contributed by atoms with Crippen molar-refractivity contribution in [3.8, 4) is 0 Å². The summed E-state index contributed by atoms with van der Waals surface area (Å²) in [6, 6.07) is 5.97. The zero-order chi connectivity index (χ0) is 12.6. The van der Waals surface area contributed by atoms with Gasteiger partial charge in [-0.2, -0.15) is 0 Å². The number of carbonyl (C=O) groups is 1. The molecule has 2 rings (SSSR count). The topological polar surface area (TPSA) is 40.5 Å². The van der Waals surface area contributed by atoms with Crippen molar-refractivity contribution in [3.05, 3.63) is 29.3 Å². The first-order valence-corrected chi connectivity index (χ1v) is 6.09. The summed E-state index contributed by atoms with van der Waals surface area (Å²) in [7, 11) is 0. The average molecular weight is 233 g/mol. The first-order valence-electron chi connectivity index (χ1n) is 6.09. The summed E-state index contributed by atoms with van der Waals surface area (Å²) in [5.74, 6) is -0.209. The Morgan fingerprint density at radius 2 is 2.12 bits per heavy atom. The number of anilines is 1. The van der Waals surface area contributed by atoms with Crippen LogP contribution in [0.25, 0.3) is 0 Å². The maximum absolute atomic E-state index is 11.3. The van der Waals surface area contributed by atoms with Gasteiger partial charge in [0, 0.05) is 12.6 Å². The molecular weight excluding hydrogens is 214 g/mol. The Morgan fingerprint density at radius 3 is 2.65 bits per heavy atom. The molecule has 2 unspecified atom stereocenters. The average Bonchev–Trinajstić information content (AvgIpc) is 2.57. The Hall–Kier alpha value is -1.51. The van der Waals surface area contributed by atoms with Crippen molar-refractivity contribution < 1.29 is 9.90 Å². The van der Waals surface area contributed by atoms with Gasteiger partial charge in [-0.3, -0.25) is 0 Å². The lowest BCUT2D eigenvalue weighted by Gasteiger charge is -2.25. The van der Waals surface area contributed by atoms with Crippen molar-refractivity contribution in [1.82, 2.24) is 0 Å². The molecule has 0 bridgehead atoms.